The third kappa shape index (κ3) is 33.9. The van der Waals surface area contributed by atoms with Crippen LogP contribution in [0.2, 0.25) is 0 Å². The van der Waals surface area contributed by atoms with E-state index in [1.165, 1.54) is 46.8 Å². The molecule has 630 valence electrons. The van der Waals surface area contributed by atoms with Gasteiger partial charge in [-0.1, -0.05) is 92.1 Å². The number of aromatic amines is 1. The van der Waals surface area contributed by atoms with Crippen molar-refractivity contribution < 1.29 is 87.2 Å². The molecule has 36 heteroatoms. The fraction of sp³-hybridized carbons (Fsp3) is 0.623. The maximum Gasteiger partial charge on any atom is 0.326 e. The predicted octanol–water partition coefficient (Wildman–Crippen LogP) is -1.46. The second-order valence-corrected chi connectivity index (χ2v) is 30.3. The van der Waals surface area contributed by atoms with Crippen LogP contribution in [0.1, 0.15) is 178 Å². The van der Waals surface area contributed by atoms with E-state index in [9.17, 15) is 87.2 Å². The number of hydrogen-bond donors (Lipinski definition) is 21. The van der Waals surface area contributed by atoms with Crippen LogP contribution in [0.15, 0.2) is 54.7 Å². The van der Waals surface area contributed by atoms with Gasteiger partial charge in [-0.05, 0) is 165 Å². The smallest absolute Gasteiger partial charge is 0.326 e. The molecule has 0 spiro atoms. The van der Waals surface area contributed by atoms with E-state index in [0.29, 0.717) is 54.1 Å². The molecule has 113 heavy (non-hydrogen) atoms. The number of benzene rings is 2. The minimum Gasteiger partial charge on any atom is -0.508 e. The number of rotatable bonds is 51. The number of carboxylic acids is 1. The number of aromatic nitrogens is 1. The highest BCUT2D eigenvalue weighted by molar-refractivity contribution is 6.00. The van der Waals surface area contributed by atoms with Gasteiger partial charge in [-0.15, -0.1) is 0 Å². The molecule has 25 N–H and O–H groups in total. The Balaban J connectivity index is 1.80. The molecule has 1 aromatic heterocycles. The van der Waals surface area contributed by atoms with E-state index in [4.69, 9.17) is 22.9 Å². The van der Waals surface area contributed by atoms with Gasteiger partial charge in [-0.3, -0.25) is 67.1 Å². The number of carbonyl (C=O) groups excluding carboxylic acids is 14. The van der Waals surface area contributed by atoms with E-state index in [2.05, 4.69) is 74.1 Å². The average Bonchev–Trinajstić information content (AvgIpc) is 1.69. The highest BCUT2D eigenvalue weighted by Crippen LogP contribution is 2.21. The number of para-hydroxylation sites is 1. The summed E-state index contributed by atoms with van der Waals surface area (Å²) in [6.45, 7) is 21.2. The summed E-state index contributed by atoms with van der Waals surface area (Å²) in [4.78, 5) is 209. The Labute approximate surface area is 660 Å². The van der Waals surface area contributed by atoms with Crippen LogP contribution < -0.4 is 92.1 Å². The molecule has 3 aromatic rings. The third-order valence-electron chi connectivity index (χ3n) is 18.8. The van der Waals surface area contributed by atoms with Gasteiger partial charge in [0.1, 0.15) is 84.3 Å². The van der Waals surface area contributed by atoms with Crippen LogP contribution in [0, 0.1) is 23.7 Å². The molecule has 0 fully saturated rings. The van der Waals surface area contributed by atoms with E-state index >= 15 is 0 Å². The Bertz CT molecular complexity index is 3680. The Hall–Kier alpha value is -10.3. The Morgan fingerprint density at radius 2 is 0.779 bits per heavy atom. The quantitative estimate of drug-likeness (QED) is 0.0287. The number of aliphatic hydroxyl groups excluding tert-OH is 1. The zero-order chi connectivity index (χ0) is 85.1. The fourth-order valence-electron chi connectivity index (χ4n) is 11.9. The minimum absolute atomic E-state index is 0.00346. The fourth-order valence-corrected chi connectivity index (χ4v) is 11.9. The molecule has 16 atom stereocenters. The Morgan fingerprint density at radius 1 is 0.416 bits per heavy atom. The van der Waals surface area contributed by atoms with Gasteiger partial charge in [0.05, 0.1) is 12.1 Å². The van der Waals surface area contributed by atoms with Crippen molar-refractivity contribution in [3.05, 3.63) is 65.9 Å². The average molecular weight is 1590 g/mol. The molecular weight excluding hydrogens is 1460 g/mol. The number of aliphatic carboxylic acids is 1. The molecule has 0 aliphatic heterocycles. The standard InChI is InChI=1S/C77H124N18O18/c1-14-42(8)62(81)75(110)94-59(36-48-25-27-50(97)28-26-48)74(109)92-57(34-40(4)5)71(106)85-46(12)67(102)95-63(47(13)96)76(111)86-45(11)66(101)90-56(33-39(2)3)70(105)83-43(9)64(99)87-53(23-17-19-31-78)69(104)93-60(37-49-38-82-52-22-16-15-21-51(49)52)72(107)84-44(10)65(100)91-58(35-41(6)7)73(108)88-54(24-18-20-32-79)68(103)89-55(77(112)113)29-30-61(80)98/h15-16,21-22,25-28,38-47,53-60,62-63,82,96-97H,14,17-20,23-24,29-37,78-79,81H2,1-13H3,(H2,80,98)(H,83,105)(H,84,107)(H,85,106)(H,86,111)(H,87,99)(H,88,108)(H,89,103)(H,90,101)(H,91,100)(H,92,109)(H,93,104)(H,94,110)(H,95,102)(H,112,113)/t42-,43-,44-,45-,46-,47+,53-,54-,55-,56-,57-,58-,59-,60-,62-,63-/m0/s1. The first-order valence-electron chi connectivity index (χ1n) is 38.7. The van der Waals surface area contributed by atoms with Gasteiger partial charge in [0.25, 0.3) is 0 Å². The monoisotopic (exact) mass is 1590 g/mol. The van der Waals surface area contributed by atoms with Gasteiger partial charge < -0.3 is 112 Å². The van der Waals surface area contributed by atoms with Crippen molar-refractivity contribution in [2.24, 2.45) is 46.6 Å². The van der Waals surface area contributed by atoms with Gasteiger partial charge in [0, 0.05) is 36.4 Å². The first kappa shape index (κ1) is 96.9. The maximum absolute atomic E-state index is 14.6. The molecule has 14 amide bonds. The lowest BCUT2D eigenvalue weighted by Gasteiger charge is -2.28. The molecule has 3 rings (SSSR count). The summed E-state index contributed by atoms with van der Waals surface area (Å²) in [6, 6.07) is -5.94. The molecule has 0 aliphatic carbocycles. The number of amides is 14. The van der Waals surface area contributed by atoms with E-state index < -0.39 is 179 Å². The van der Waals surface area contributed by atoms with Gasteiger partial charge in [-0.2, -0.15) is 0 Å². The number of aliphatic hydroxyl groups is 1. The minimum atomic E-state index is -1.72. The van der Waals surface area contributed by atoms with Crippen LogP contribution in [0.4, 0.5) is 0 Å². The van der Waals surface area contributed by atoms with Crippen molar-refractivity contribution in [2.45, 2.75) is 271 Å². The third-order valence-corrected chi connectivity index (χ3v) is 18.8. The summed E-state index contributed by atoms with van der Waals surface area (Å²) < 4.78 is 0. The second kappa shape index (κ2) is 48.6. The van der Waals surface area contributed by atoms with Crippen molar-refractivity contribution in [3.8, 4) is 5.75 Å². The summed E-state index contributed by atoms with van der Waals surface area (Å²) >= 11 is 0. The number of hydrogen-bond acceptors (Lipinski definition) is 20. The molecule has 1 heterocycles. The molecule has 0 aliphatic rings. The van der Waals surface area contributed by atoms with Crippen LogP contribution in [-0.4, -0.2) is 213 Å². The van der Waals surface area contributed by atoms with Crippen molar-refractivity contribution in [2.75, 3.05) is 13.1 Å². The SMILES string of the molecule is CC[C@H](C)[C@H](N)C(=O)N[C@@H](Cc1ccc(O)cc1)C(=O)N[C@@H](CC(C)C)C(=O)N[C@@H](C)C(=O)N[C@H](C(=O)N[C@@H](C)C(=O)N[C@@H](CC(C)C)C(=O)N[C@@H](C)C(=O)N[C@@H](CCCCN)C(=O)N[C@@H](Cc1c[nH]c2ccccc12)C(=O)N[C@@H](C)C(=O)N[C@@H](CC(C)C)C(=O)N[C@@H](CCCCN)C(=O)N[C@@H](CCC(N)=O)C(=O)O)[C@@H](C)O. The first-order chi connectivity index (χ1) is 53.1. The van der Waals surface area contributed by atoms with E-state index in [1.807, 2.05) is 6.92 Å². The van der Waals surface area contributed by atoms with Gasteiger partial charge in [0.2, 0.25) is 82.7 Å². The summed E-state index contributed by atoms with van der Waals surface area (Å²) in [5.41, 5.74) is 24.8. The number of aromatic hydroxyl groups is 1. The molecule has 36 nitrogen and oxygen atoms in total. The number of fused-ring (bicyclic) bond motifs is 1. The molecule has 0 saturated heterocycles. The van der Waals surface area contributed by atoms with E-state index in [0.717, 1.165) is 0 Å². The van der Waals surface area contributed by atoms with E-state index in [1.54, 1.807) is 91.1 Å². The lowest BCUT2D eigenvalue weighted by Crippen LogP contribution is -2.61. The number of nitrogens with one attached hydrogen (secondary N) is 14. The molecule has 0 unspecified atom stereocenters. The van der Waals surface area contributed by atoms with Gasteiger partial charge in [-0.25, -0.2) is 4.79 Å². The van der Waals surface area contributed by atoms with E-state index in [-0.39, 0.29) is 100 Å². The molecule has 0 radical (unpaired) electrons. The maximum atomic E-state index is 14.6. The summed E-state index contributed by atoms with van der Waals surface area (Å²) in [5, 5.41) is 64.7. The lowest BCUT2D eigenvalue weighted by atomic mass is 9.97. The number of unbranched alkanes of at least 4 members (excludes halogenated alkanes) is 2. The predicted molar refractivity (Wildman–Crippen MR) is 421 cm³/mol. The molecule has 0 saturated carbocycles. The van der Waals surface area contributed by atoms with Crippen LogP contribution >= 0.6 is 0 Å². The summed E-state index contributed by atoms with van der Waals surface area (Å²) in [7, 11) is 0. The van der Waals surface area contributed by atoms with Gasteiger partial charge in [0.15, 0.2) is 0 Å². The van der Waals surface area contributed by atoms with Crippen LogP contribution in [-0.2, 0) is 84.8 Å². The number of H-pyrrole nitrogens is 1. The number of nitrogens with two attached hydrogens (primary N) is 4. The van der Waals surface area contributed by atoms with Crippen LogP contribution in [0.3, 0.4) is 0 Å². The molecular formula is C77H124N18O18. The summed E-state index contributed by atoms with van der Waals surface area (Å²) in [5.74, 6) is -14.2. The highest BCUT2D eigenvalue weighted by Gasteiger charge is 2.38. The largest absolute Gasteiger partial charge is 0.508 e. The number of carboxylic acid groups (broad SMARTS) is 1. The topological polar surface area (TPSA) is 593 Å². The summed E-state index contributed by atoms with van der Waals surface area (Å²) in [6.07, 6.45) is 1.34. The number of phenols is 1. The first-order valence-corrected chi connectivity index (χ1v) is 38.7. The van der Waals surface area contributed by atoms with Gasteiger partial charge >= 0.3 is 5.97 Å². The lowest BCUT2D eigenvalue weighted by molar-refractivity contribution is -0.142. The highest BCUT2D eigenvalue weighted by atomic mass is 16.4. The molecule has 0 bridgehead atoms. The van der Waals surface area contributed by atoms with Crippen molar-refractivity contribution >= 4 is 99.6 Å². The Kier molecular flexibility index (Phi) is 41.6. The van der Waals surface area contributed by atoms with Crippen molar-refractivity contribution in [1.29, 1.82) is 0 Å². The second-order valence-electron chi connectivity index (χ2n) is 30.3. The normalized spacial score (nSPS) is 15.6. The zero-order valence-corrected chi connectivity index (χ0v) is 67.3. The number of primary amides is 1. The Morgan fingerprint density at radius 3 is 1.21 bits per heavy atom. The zero-order valence-electron chi connectivity index (χ0n) is 67.3. The number of carbonyl (C=O) groups is 15. The van der Waals surface area contributed by atoms with Crippen LogP contribution in [0.25, 0.3) is 10.9 Å². The van der Waals surface area contributed by atoms with Crippen molar-refractivity contribution in [1.82, 2.24) is 74.1 Å². The molecule has 2 aromatic carbocycles. The number of phenolic OH excluding ortho intramolecular Hbond substituents is 1. The van der Waals surface area contributed by atoms with Crippen molar-refractivity contribution in [3.63, 3.8) is 0 Å². The van der Waals surface area contributed by atoms with Crippen LogP contribution in [0.5, 0.6) is 5.75 Å².